The summed E-state index contributed by atoms with van der Waals surface area (Å²) in [5.41, 5.74) is 3.64. The molecule has 1 heterocycles. The van der Waals surface area contributed by atoms with E-state index in [1.807, 2.05) is 26.0 Å². The Labute approximate surface area is 114 Å². The summed E-state index contributed by atoms with van der Waals surface area (Å²) < 4.78 is 5.10. The summed E-state index contributed by atoms with van der Waals surface area (Å²) in [6.07, 6.45) is 1.93. The lowest BCUT2D eigenvalue weighted by molar-refractivity contribution is 0.132. The first-order chi connectivity index (χ1) is 9.16. The molecule has 0 aromatic heterocycles. The molecule has 1 aromatic carbocycles. The van der Waals surface area contributed by atoms with Gasteiger partial charge in [-0.2, -0.15) is 0 Å². The molecule has 1 aliphatic rings. The number of hydrogen-bond acceptors (Lipinski definition) is 3. The van der Waals surface area contributed by atoms with Crippen molar-refractivity contribution in [1.82, 2.24) is 5.32 Å². The third-order valence-electron chi connectivity index (χ3n) is 3.13. The van der Waals surface area contributed by atoms with E-state index in [9.17, 15) is 4.79 Å². The van der Waals surface area contributed by atoms with Crippen molar-refractivity contribution >= 4 is 11.8 Å². The van der Waals surface area contributed by atoms with Crippen LogP contribution in [0.2, 0.25) is 0 Å². The number of aryl methyl sites for hydroxylation is 1. The van der Waals surface area contributed by atoms with Gasteiger partial charge in [-0.15, -0.1) is 0 Å². The molecule has 2 N–H and O–H groups in total. The molecule has 0 saturated heterocycles. The van der Waals surface area contributed by atoms with Crippen molar-refractivity contribution < 1.29 is 9.53 Å². The molecule has 0 spiro atoms. The Morgan fingerprint density at radius 1 is 1.47 bits per heavy atom. The van der Waals surface area contributed by atoms with E-state index < -0.39 is 0 Å². The minimum Gasteiger partial charge on any atom is -0.449 e. The summed E-state index contributed by atoms with van der Waals surface area (Å²) in [6.45, 7) is 6.00. The van der Waals surface area contributed by atoms with E-state index in [1.165, 1.54) is 17.7 Å². The number of carbonyl (C=O) groups excluding carboxylic acids is 1. The Morgan fingerprint density at radius 3 is 3.11 bits per heavy atom. The molecule has 19 heavy (non-hydrogen) atoms. The van der Waals surface area contributed by atoms with Crippen molar-refractivity contribution in [2.45, 2.75) is 33.2 Å². The monoisotopic (exact) mass is 262 g/mol. The second-order valence-corrected chi connectivity index (χ2v) is 5.33. The predicted octanol–water partition coefficient (Wildman–Crippen LogP) is 2.93. The van der Waals surface area contributed by atoms with Gasteiger partial charge in [-0.25, -0.2) is 4.79 Å². The van der Waals surface area contributed by atoms with Crippen molar-refractivity contribution in [2.75, 3.05) is 18.5 Å². The maximum absolute atomic E-state index is 11.5. The van der Waals surface area contributed by atoms with E-state index in [2.05, 4.69) is 16.7 Å². The summed E-state index contributed by atoms with van der Waals surface area (Å²) in [5, 5.41) is 6.22. The molecule has 0 atom stereocenters. The summed E-state index contributed by atoms with van der Waals surface area (Å²) in [5.74, 6) is 0.358. The number of carbonyl (C=O) groups is 1. The van der Waals surface area contributed by atoms with Gasteiger partial charge in [0.05, 0.1) is 6.61 Å². The van der Waals surface area contributed by atoms with E-state index in [1.54, 1.807) is 0 Å². The Kier molecular flexibility index (Phi) is 4.66. The lowest BCUT2D eigenvalue weighted by Gasteiger charge is -2.21. The van der Waals surface area contributed by atoms with Crippen LogP contribution >= 0.6 is 0 Å². The first kappa shape index (κ1) is 13.7. The van der Waals surface area contributed by atoms with Gasteiger partial charge in [0, 0.05) is 18.8 Å². The van der Waals surface area contributed by atoms with Crippen LogP contribution in [0, 0.1) is 5.92 Å². The van der Waals surface area contributed by atoms with Gasteiger partial charge in [0.15, 0.2) is 0 Å². The van der Waals surface area contributed by atoms with Crippen LogP contribution in [-0.4, -0.2) is 19.2 Å². The normalized spacial score (nSPS) is 13.6. The van der Waals surface area contributed by atoms with Gasteiger partial charge in [0.25, 0.3) is 0 Å². The average Bonchev–Trinajstić information content (AvgIpc) is 2.42. The van der Waals surface area contributed by atoms with Gasteiger partial charge in [-0.3, -0.25) is 0 Å². The molecule has 0 aliphatic carbocycles. The topological polar surface area (TPSA) is 50.4 Å². The highest BCUT2D eigenvalue weighted by molar-refractivity contribution is 5.68. The number of anilines is 1. The molecule has 2 rings (SSSR count). The third kappa shape index (κ3) is 3.88. The molecule has 0 fully saturated rings. The van der Waals surface area contributed by atoms with Gasteiger partial charge in [0.1, 0.15) is 0 Å². The molecular weight excluding hydrogens is 240 g/mol. The van der Waals surface area contributed by atoms with E-state index in [0.717, 1.165) is 18.5 Å². The van der Waals surface area contributed by atoms with E-state index >= 15 is 0 Å². The van der Waals surface area contributed by atoms with Crippen LogP contribution in [-0.2, 0) is 17.7 Å². The minimum absolute atomic E-state index is 0.345. The molecule has 0 radical (unpaired) electrons. The van der Waals surface area contributed by atoms with Crippen LogP contribution in [0.1, 0.15) is 31.4 Å². The Bertz CT molecular complexity index is 444. The summed E-state index contributed by atoms with van der Waals surface area (Å²) in [6, 6.07) is 6.23. The molecule has 4 heteroatoms. The third-order valence-corrected chi connectivity index (χ3v) is 3.13. The van der Waals surface area contributed by atoms with Crippen molar-refractivity contribution in [3.63, 3.8) is 0 Å². The van der Waals surface area contributed by atoms with Crippen LogP contribution in [0.15, 0.2) is 18.2 Å². The molecule has 0 saturated carbocycles. The molecule has 104 valence electrons. The zero-order chi connectivity index (χ0) is 13.7. The SMILES string of the molecule is CC(C)COC(=O)NCc1cccc2c1NCCC2. The van der Waals surface area contributed by atoms with Gasteiger partial charge in [-0.05, 0) is 29.9 Å². The average molecular weight is 262 g/mol. The standard InChI is InChI=1S/C15H22N2O2/c1-11(2)10-19-15(18)17-9-13-6-3-5-12-7-4-8-16-14(12)13/h3,5-6,11,16H,4,7-10H2,1-2H3,(H,17,18). The fourth-order valence-electron chi connectivity index (χ4n) is 2.19. The largest absolute Gasteiger partial charge is 0.449 e. The molecular formula is C15H22N2O2. The first-order valence-electron chi connectivity index (χ1n) is 6.92. The number of benzene rings is 1. The van der Waals surface area contributed by atoms with Gasteiger partial charge < -0.3 is 15.4 Å². The number of hydrogen-bond donors (Lipinski definition) is 2. The van der Waals surface area contributed by atoms with Crippen molar-refractivity contribution in [2.24, 2.45) is 5.92 Å². The minimum atomic E-state index is -0.345. The highest BCUT2D eigenvalue weighted by Crippen LogP contribution is 2.25. The fourth-order valence-corrected chi connectivity index (χ4v) is 2.19. The zero-order valence-electron chi connectivity index (χ0n) is 11.7. The fraction of sp³-hybridized carbons (Fsp3) is 0.533. The summed E-state index contributed by atoms with van der Waals surface area (Å²) >= 11 is 0. The number of para-hydroxylation sites is 1. The van der Waals surface area contributed by atoms with Crippen molar-refractivity contribution in [3.8, 4) is 0 Å². The van der Waals surface area contributed by atoms with Crippen LogP contribution in [0.4, 0.5) is 10.5 Å². The van der Waals surface area contributed by atoms with Crippen LogP contribution in [0.25, 0.3) is 0 Å². The van der Waals surface area contributed by atoms with E-state index in [0.29, 0.717) is 19.1 Å². The van der Waals surface area contributed by atoms with Gasteiger partial charge >= 0.3 is 6.09 Å². The number of rotatable bonds is 4. The quantitative estimate of drug-likeness (QED) is 0.877. The number of ether oxygens (including phenoxy) is 1. The second-order valence-electron chi connectivity index (χ2n) is 5.33. The molecule has 1 amide bonds. The number of amides is 1. The predicted molar refractivity (Wildman–Crippen MR) is 76.3 cm³/mol. The summed E-state index contributed by atoms with van der Waals surface area (Å²) in [7, 11) is 0. The summed E-state index contributed by atoms with van der Waals surface area (Å²) in [4.78, 5) is 11.5. The van der Waals surface area contributed by atoms with E-state index in [4.69, 9.17) is 4.74 Å². The highest BCUT2D eigenvalue weighted by atomic mass is 16.5. The zero-order valence-corrected chi connectivity index (χ0v) is 11.7. The highest BCUT2D eigenvalue weighted by Gasteiger charge is 2.13. The van der Waals surface area contributed by atoms with Crippen molar-refractivity contribution in [1.29, 1.82) is 0 Å². The van der Waals surface area contributed by atoms with E-state index in [-0.39, 0.29) is 6.09 Å². The number of fused-ring (bicyclic) bond motifs is 1. The molecule has 0 bridgehead atoms. The molecule has 0 unspecified atom stereocenters. The number of alkyl carbamates (subject to hydrolysis) is 1. The lowest BCUT2D eigenvalue weighted by Crippen LogP contribution is -2.26. The van der Waals surface area contributed by atoms with Crippen LogP contribution in [0.3, 0.4) is 0 Å². The lowest BCUT2D eigenvalue weighted by atomic mass is 9.99. The molecule has 1 aromatic rings. The van der Waals surface area contributed by atoms with Crippen LogP contribution < -0.4 is 10.6 Å². The Hall–Kier alpha value is -1.71. The smallest absolute Gasteiger partial charge is 0.407 e. The maximum atomic E-state index is 11.5. The van der Waals surface area contributed by atoms with Gasteiger partial charge in [-0.1, -0.05) is 32.0 Å². The Morgan fingerprint density at radius 2 is 2.32 bits per heavy atom. The number of nitrogens with one attached hydrogen (secondary N) is 2. The maximum Gasteiger partial charge on any atom is 0.407 e. The first-order valence-corrected chi connectivity index (χ1v) is 6.92. The van der Waals surface area contributed by atoms with Crippen molar-refractivity contribution in [3.05, 3.63) is 29.3 Å². The Balaban J connectivity index is 1.91. The van der Waals surface area contributed by atoms with Gasteiger partial charge in [0.2, 0.25) is 0 Å². The molecule has 1 aliphatic heterocycles. The van der Waals surface area contributed by atoms with Crippen LogP contribution in [0.5, 0.6) is 0 Å². The molecule has 4 nitrogen and oxygen atoms in total. The second kappa shape index (κ2) is 6.45.